The highest BCUT2D eigenvalue weighted by molar-refractivity contribution is 6.41. The minimum Gasteiger partial charge on any atom is -0.496 e. The number of β-amino-alcohol motifs (C(OH)–C–C–N with tert-alkyl or cyclic N) is 1. The number of nitrogens with zero attached hydrogens (tertiary/aromatic N) is 5. The third-order valence-electron chi connectivity index (χ3n) is 8.11. The van der Waals surface area contributed by atoms with Crippen molar-refractivity contribution in [1.82, 2.24) is 30.2 Å². The van der Waals surface area contributed by atoms with Crippen LogP contribution in [-0.2, 0) is 11.3 Å². The Bertz CT molecular complexity index is 1620. The number of nitrogens with two attached hydrogens (primary N) is 1. The van der Waals surface area contributed by atoms with E-state index in [1.54, 1.807) is 19.4 Å². The summed E-state index contributed by atoms with van der Waals surface area (Å²) in [5, 5.41) is 13.0. The normalized spacial score (nSPS) is 17.9. The van der Waals surface area contributed by atoms with Gasteiger partial charge in [-0.15, -0.1) is 0 Å². The molecule has 5 N–H and O–H groups in total. The molecular formula is C30H37ClN8O4. The first-order valence-electron chi connectivity index (χ1n) is 14.2. The van der Waals surface area contributed by atoms with Crippen LogP contribution in [0.25, 0.3) is 11.6 Å². The van der Waals surface area contributed by atoms with Gasteiger partial charge in [-0.2, -0.15) is 4.98 Å². The smallest absolute Gasteiger partial charge is 0.260 e. The first-order valence-corrected chi connectivity index (χ1v) is 14.6. The van der Waals surface area contributed by atoms with Crippen molar-refractivity contribution in [3.8, 4) is 5.75 Å². The number of carbonyl (C=O) groups excluding carboxylic acids is 2. The Balaban J connectivity index is 1.43. The van der Waals surface area contributed by atoms with Crippen molar-refractivity contribution >= 4 is 46.8 Å². The van der Waals surface area contributed by atoms with Crippen molar-refractivity contribution in [2.45, 2.75) is 53.2 Å². The number of hydrogen-bond acceptors (Lipinski definition) is 9. The minimum atomic E-state index is -0.348. The van der Waals surface area contributed by atoms with Crippen molar-refractivity contribution in [3.05, 3.63) is 56.2 Å². The van der Waals surface area contributed by atoms with E-state index in [-0.39, 0.29) is 47.0 Å². The largest absolute Gasteiger partial charge is 0.496 e. The number of rotatable bonds is 8. The van der Waals surface area contributed by atoms with Crippen LogP contribution in [0.2, 0.25) is 5.15 Å². The maximum atomic E-state index is 13.9. The highest BCUT2D eigenvalue weighted by Crippen LogP contribution is 2.42. The fraction of sp³-hybridized carbons (Fsp3) is 0.433. The van der Waals surface area contributed by atoms with Gasteiger partial charge in [-0.1, -0.05) is 11.6 Å². The maximum Gasteiger partial charge on any atom is 0.260 e. The van der Waals surface area contributed by atoms with Gasteiger partial charge in [0.2, 0.25) is 5.95 Å². The number of aliphatic hydroxyl groups is 1. The molecule has 0 saturated carbocycles. The van der Waals surface area contributed by atoms with Crippen LogP contribution in [0.15, 0.2) is 6.20 Å². The molecule has 0 spiro atoms. The molecule has 5 heterocycles. The molecule has 2 amide bonds. The zero-order valence-corrected chi connectivity index (χ0v) is 25.8. The number of ether oxygens (including phenoxy) is 1. The van der Waals surface area contributed by atoms with E-state index in [0.29, 0.717) is 59.2 Å². The number of hydrogen-bond donors (Lipinski definition) is 4. The molecule has 0 bridgehead atoms. The van der Waals surface area contributed by atoms with Gasteiger partial charge in [-0.3, -0.25) is 24.4 Å². The van der Waals surface area contributed by atoms with Gasteiger partial charge in [0.05, 0.1) is 42.2 Å². The van der Waals surface area contributed by atoms with E-state index in [1.807, 2.05) is 27.7 Å². The Morgan fingerprint density at radius 1 is 1.28 bits per heavy atom. The zero-order valence-electron chi connectivity index (χ0n) is 25.0. The number of halogens is 1. The summed E-state index contributed by atoms with van der Waals surface area (Å²) in [6, 6.07) is 0. The van der Waals surface area contributed by atoms with Gasteiger partial charge < -0.3 is 25.9 Å². The third-order valence-corrected chi connectivity index (χ3v) is 8.38. The molecule has 228 valence electrons. The summed E-state index contributed by atoms with van der Waals surface area (Å²) in [4.78, 5) is 47.0. The molecule has 13 heteroatoms. The second-order valence-corrected chi connectivity index (χ2v) is 11.4. The van der Waals surface area contributed by atoms with Gasteiger partial charge in [0, 0.05) is 48.3 Å². The summed E-state index contributed by atoms with van der Waals surface area (Å²) in [5.74, 6) is 0.371. The highest BCUT2D eigenvalue weighted by Gasteiger charge is 2.38. The van der Waals surface area contributed by atoms with E-state index < -0.39 is 0 Å². The number of aromatic amines is 1. The van der Waals surface area contributed by atoms with E-state index in [1.165, 1.54) is 4.90 Å². The summed E-state index contributed by atoms with van der Waals surface area (Å²) < 4.78 is 5.55. The number of likely N-dealkylation sites (tertiary alicyclic amines) is 1. The van der Waals surface area contributed by atoms with Gasteiger partial charge in [0.1, 0.15) is 10.9 Å². The molecule has 1 atom stereocenters. The molecule has 0 aromatic carbocycles. The molecule has 1 fully saturated rings. The molecule has 3 aromatic rings. The third kappa shape index (κ3) is 5.95. The average Bonchev–Trinajstić information content (AvgIpc) is 3.37. The number of nitrogens with one attached hydrogen (secondary N) is 2. The minimum absolute atomic E-state index is 0.0532. The number of amides is 2. The molecule has 12 nitrogen and oxygen atoms in total. The SMILES string of the molecule is COc1c(C)cnc(CN2C(=O)/C(=C/c3[nH]c(C)c(C(=O)NCCN4CCCC(O)C4)c3C)c3c(Cl)nc(N)nc32)c1C. The second-order valence-electron chi connectivity index (χ2n) is 11.1. The lowest BCUT2D eigenvalue weighted by atomic mass is 10.1. The Kier molecular flexibility index (Phi) is 8.72. The van der Waals surface area contributed by atoms with Crippen molar-refractivity contribution in [3.63, 3.8) is 0 Å². The van der Waals surface area contributed by atoms with Gasteiger partial charge >= 0.3 is 0 Å². The summed E-state index contributed by atoms with van der Waals surface area (Å²) in [5.41, 5.74) is 11.4. The lowest BCUT2D eigenvalue weighted by molar-refractivity contribution is -0.113. The lowest BCUT2D eigenvalue weighted by Gasteiger charge is -2.29. The quantitative estimate of drug-likeness (QED) is 0.222. The number of pyridine rings is 1. The molecule has 1 unspecified atom stereocenters. The first kappa shape index (κ1) is 30.5. The van der Waals surface area contributed by atoms with Crippen molar-refractivity contribution in [2.75, 3.05) is 43.9 Å². The molecule has 1 saturated heterocycles. The maximum absolute atomic E-state index is 13.9. The van der Waals surface area contributed by atoms with Crippen LogP contribution in [-0.4, -0.2) is 81.1 Å². The number of piperidine rings is 1. The number of aryl methyl sites for hydroxylation is 2. The van der Waals surface area contributed by atoms with E-state index in [9.17, 15) is 14.7 Å². The van der Waals surface area contributed by atoms with Crippen LogP contribution in [0.5, 0.6) is 5.75 Å². The Morgan fingerprint density at radius 3 is 2.77 bits per heavy atom. The second kappa shape index (κ2) is 12.3. The molecule has 43 heavy (non-hydrogen) atoms. The van der Waals surface area contributed by atoms with Crippen LogP contribution in [0.3, 0.4) is 0 Å². The van der Waals surface area contributed by atoms with Gasteiger partial charge in [-0.25, -0.2) is 4.98 Å². The van der Waals surface area contributed by atoms with Gasteiger partial charge in [0.25, 0.3) is 11.8 Å². The van der Waals surface area contributed by atoms with E-state index >= 15 is 0 Å². The summed E-state index contributed by atoms with van der Waals surface area (Å²) >= 11 is 6.55. The standard InChI is InChI=1S/C30H37ClN8O4/c1-15-12-34-22(17(3)25(15)43-5)14-39-27-24(26(31)36-30(32)37-27)20(29(39)42)11-21-16(2)23(18(4)35-21)28(41)33-8-10-38-9-6-7-19(40)13-38/h11-12,19,35,40H,6-10,13-14H2,1-5H3,(H,33,41)(H2,32,36,37)/b20-11+. The van der Waals surface area contributed by atoms with Gasteiger partial charge in [0.15, 0.2) is 5.82 Å². The predicted octanol–water partition coefficient (Wildman–Crippen LogP) is 2.95. The van der Waals surface area contributed by atoms with Crippen molar-refractivity contribution in [2.24, 2.45) is 0 Å². The van der Waals surface area contributed by atoms with Crippen LogP contribution < -0.4 is 20.7 Å². The zero-order chi connectivity index (χ0) is 31.0. The van der Waals surface area contributed by atoms with E-state index in [0.717, 1.165) is 30.5 Å². The number of fused-ring (bicyclic) bond motifs is 1. The number of H-pyrrole nitrogens is 1. The lowest BCUT2D eigenvalue weighted by Crippen LogP contribution is -2.42. The number of nitrogen functional groups attached to an aromatic ring is 1. The highest BCUT2D eigenvalue weighted by atomic mass is 35.5. The fourth-order valence-electron chi connectivity index (χ4n) is 5.93. The summed E-state index contributed by atoms with van der Waals surface area (Å²) in [7, 11) is 1.60. The average molecular weight is 609 g/mol. The molecule has 5 rings (SSSR count). The molecular weight excluding hydrogens is 572 g/mol. The van der Waals surface area contributed by atoms with Crippen molar-refractivity contribution in [1.29, 1.82) is 0 Å². The van der Waals surface area contributed by atoms with Crippen LogP contribution in [0, 0.1) is 27.7 Å². The Hall–Kier alpha value is -4.00. The molecule has 0 radical (unpaired) electrons. The van der Waals surface area contributed by atoms with Crippen LogP contribution in [0.1, 0.15) is 62.5 Å². The Morgan fingerprint density at radius 2 is 2.05 bits per heavy atom. The van der Waals surface area contributed by atoms with E-state index in [2.05, 4.69) is 30.2 Å². The summed E-state index contributed by atoms with van der Waals surface area (Å²) in [6.07, 6.45) is 4.82. The number of aromatic nitrogens is 4. The topological polar surface area (TPSA) is 163 Å². The van der Waals surface area contributed by atoms with Crippen LogP contribution in [0.4, 0.5) is 11.8 Å². The number of anilines is 2. The Labute approximate surface area is 255 Å². The van der Waals surface area contributed by atoms with Gasteiger partial charge in [-0.05, 0) is 58.7 Å². The first-order chi connectivity index (χ1) is 20.5. The van der Waals surface area contributed by atoms with Crippen LogP contribution >= 0.6 is 11.6 Å². The number of aliphatic hydroxyl groups excluding tert-OH is 1. The number of methoxy groups -OCH3 is 1. The molecule has 2 aliphatic heterocycles. The van der Waals surface area contributed by atoms with E-state index in [4.69, 9.17) is 22.1 Å². The van der Waals surface area contributed by atoms with Crippen molar-refractivity contribution < 1.29 is 19.4 Å². The monoisotopic (exact) mass is 608 g/mol. The number of carbonyl (C=O) groups is 2. The molecule has 3 aromatic heterocycles. The summed E-state index contributed by atoms with van der Waals surface area (Å²) in [6.45, 7) is 10.2. The molecule has 2 aliphatic rings. The molecule has 0 aliphatic carbocycles. The fourth-order valence-corrected chi connectivity index (χ4v) is 6.20. The predicted molar refractivity (Wildman–Crippen MR) is 165 cm³/mol.